The predicted octanol–water partition coefficient (Wildman–Crippen LogP) is 2.16. The molecule has 0 spiro atoms. The number of carbonyl (C=O) groups excluding carboxylic acids is 1. The molecule has 110 valence electrons. The third-order valence-corrected chi connectivity index (χ3v) is 3.73. The lowest BCUT2D eigenvalue weighted by molar-refractivity contribution is -0.133. The number of nitrogens with one attached hydrogen (secondary N) is 1. The van der Waals surface area contributed by atoms with Gasteiger partial charge < -0.3 is 15.0 Å². The van der Waals surface area contributed by atoms with E-state index in [9.17, 15) is 4.79 Å². The summed E-state index contributed by atoms with van der Waals surface area (Å²) in [5, 5.41) is 4.79. The molecule has 6 heteroatoms. The molecular formula is C15H16ClN3O2. The summed E-state index contributed by atoms with van der Waals surface area (Å²) < 4.78 is 5.25. The maximum absolute atomic E-state index is 12.1. The second kappa shape index (κ2) is 6.28. The lowest BCUT2D eigenvalue weighted by Gasteiger charge is -2.27. The number of carbonyl (C=O) groups is 1. The van der Waals surface area contributed by atoms with E-state index in [1.807, 2.05) is 29.2 Å². The van der Waals surface area contributed by atoms with Crippen LogP contribution in [0.5, 0.6) is 0 Å². The van der Waals surface area contributed by atoms with Crippen molar-refractivity contribution in [1.29, 1.82) is 0 Å². The van der Waals surface area contributed by atoms with Gasteiger partial charge in [0.05, 0.1) is 25.3 Å². The van der Waals surface area contributed by atoms with Gasteiger partial charge in [-0.25, -0.2) is 0 Å². The van der Waals surface area contributed by atoms with Crippen LogP contribution in [0.3, 0.4) is 0 Å². The van der Waals surface area contributed by atoms with Gasteiger partial charge in [0.1, 0.15) is 0 Å². The Morgan fingerprint density at radius 2 is 2.14 bits per heavy atom. The van der Waals surface area contributed by atoms with Gasteiger partial charge in [0.2, 0.25) is 5.91 Å². The Morgan fingerprint density at radius 1 is 1.33 bits per heavy atom. The Hall–Kier alpha value is -1.85. The van der Waals surface area contributed by atoms with Crippen molar-refractivity contribution in [2.75, 3.05) is 38.2 Å². The Balaban J connectivity index is 1.71. The monoisotopic (exact) mass is 305 g/mol. The normalized spacial score (nSPS) is 15.2. The van der Waals surface area contributed by atoms with Crippen molar-refractivity contribution in [2.45, 2.75) is 0 Å². The number of ether oxygens (including phenoxy) is 1. The van der Waals surface area contributed by atoms with Crippen molar-refractivity contribution in [1.82, 2.24) is 9.88 Å². The van der Waals surface area contributed by atoms with Gasteiger partial charge in [0.15, 0.2) is 0 Å². The smallest absolute Gasteiger partial charge is 0.242 e. The molecule has 0 saturated carbocycles. The summed E-state index contributed by atoms with van der Waals surface area (Å²) in [6, 6.07) is 7.40. The molecule has 1 aromatic heterocycles. The van der Waals surface area contributed by atoms with Crippen LogP contribution in [0.2, 0.25) is 5.02 Å². The summed E-state index contributed by atoms with van der Waals surface area (Å²) in [5.41, 5.74) is 1.70. The summed E-state index contributed by atoms with van der Waals surface area (Å²) in [7, 11) is 0. The van der Waals surface area contributed by atoms with E-state index in [0.717, 1.165) is 16.6 Å². The fraction of sp³-hybridized carbons (Fsp3) is 0.333. The molecule has 3 rings (SSSR count). The Morgan fingerprint density at radius 3 is 2.95 bits per heavy atom. The average Bonchev–Trinajstić information content (AvgIpc) is 2.53. The summed E-state index contributed by atoms with van der Waals surface area (Å²) in [5.74, 6) is 0.0808. The third kappa shape index (κ3) is 3.25. The molecular weight excluding hydrogens is 290 g/mol. The number of morpholine rings is 1. The minimum Gasteiger partial charge on any atom is -0.378 e. The van der Waals surface area contributed by atoms with Crippen molar-refractivity contribution >= 4 is 34.1 Å². The number of benzene rings is 1. The number of pyridine rings is 1. The molecule has 1 aliphatic rings. The molecule has 0 atom stereocenters. The van der Waals surface area contributed by atoms with Crippen LogP contribution in [-0.4, -0.2) is 48.6 Å². The number of hydrogen-bond donors (Lipinski definition) is 1. The second-order valence-electron chi connectivity index (χ2n) is 4.87. The predicted molar refractivity (Wildman–Crippen MR) is 82.6 cm³/mol. The van der Waals surface area contributed by atoms with Crippen molar-refractivity contribution in [2.24, 2.45) is 0 Å². The van der Waals surface area contributed by atoms with Crippen LogP contribution < -0.4 is 5.32 Å². The molecule has 0 unspecified atom stereocenters. The van der Waals surface area contributed by atoms with Gasteiger partial charge in [-0.15, -0.1) is 0 Å². The lowest BCUT2D eigenvalue weighted by Crippen LogP contribution is -2.43. The molecule has 21 heavy (non-hydrogen) atoms. The summed E-state index contributed by atoms with van der Waals surface area (Å²) in [6.07, 6.45) is 1.71. The van der Waals surface area contributed by atoms with E-state index < -0.39 is 0 Å². The zero-order valence-corrected chi connectivity index (χ0v) is 12.3. The van der Waals surface area contributed by atoms with Crippen molar-refractivity contribution in [3.63, 3.8) is 0 Å². The van der Waals surface area contributed by atoms with Crippen molar-refractivity contribution in [3.8, 4) is 0 Å². The largest absolute Gasteiger partial charge is 0.378 e. The summed E-state index contributed by atoms with van der Waals surface area (Å²) in [4.78, 5) is 18.2. The van der Waals surface area contributed by atoms with E-state index in [1.54, 1.807) is 6.20 Å². The van der Waals surface area contributed by atoms with Crippen molar-refractivity contribution in [3.05, 3.63) is 35.5 Å². The molecule has 1 fully saturated rings. The quantitative estimate of drug-likeness (QED) is 0.944. The van der Waals surface area contributed by atoms with Gasteiger partial charge in [-0.05, 0) is 24.3 Å². The van der Waals surface area contributed by atoms with Gasteiger partial charge in [-0.1, -0.05) is 11.6 Å². The van der Waals surface area contributed by atoms with Crippen LogP contribution in [0, 0.1) is 0 Å². The fourth-order valence-corrected chi connectivity index (χ4v) is 2.54. The van der Waals surface area contributed by atoms with Crippen LogP contribution in [0.4, 0.5) is 5.69 Å². The number of halogens is 1. The van der Waals surface area contributed by atoms with Gasteiger partial charge in [0.25, 0.3) is 0 Å². The van der Waals surface area contributed by atoms with Crippen LogP contribution in [0.25, 0.3) is 10.9 Å². The first-order valence-electron chi connectivity index (χ1n) is 6.88. The highest BCUT2D eigenvalue weighted by molar-refractivity contribution is 6.31. The third-order valence-electron chi connectivity index (χ3n) is 3.50. The minimum absolute atomic E-state index is 0.0808. The molecule has 2 aromatic rings. The number of aromatic nitrogens is 1. The highest BCUT2D eigenvalue weighted by Gasteiger charge is 2.16. The Bertz CT molecular complexity index is 656. The highest BCUT2D eigenvalue weighted by Crippen LogP contribution is 2.24. The first-order valence-corrected chi connectivity index (χ1v) is 7.25. The van der Waals surface area contributed by atoms with Crippen LogP contribution in [0.15, 0.2) is 30.5 Å². The molecule has 0 radical (unpaired) electrons. The molecule has 1 N–H and O–H groups in total. The van der Waals surface area contributed by atoms with Crippen LogP contribution in [-0.2, 0) is 9.53 Å². The molecule has 1 aromatic carbocycles. The first kappa shape index (κ1) is 14.1. The fourth-order valence-electron chi connectivity index (χ4n) is 2.37. The minimum atomic E-state index is 0.0808. The molecule has 1 aliphatic heterocycles. The number of hydrogen-bond acceptors (Lipinski definition) is 4. The van der Waals surface area contributed by atoms with E-state index in [2.05, 4.69) is 10.3 Å². The maximum atomic E-state index is 12.1. The maximum Gasteiger partial charge on any atom is 0.242 e. The highest BCUT2D eigenvalue weighted by atomic mass is 35.5. The van der Waals surface area contributed by atoms with Gasteiger partial charge >= 0.3 is 0 Å². The van der Waals surface area contributed by atoms with Gasteiger partial charge in [-0.2, -0.15) is 0 Å². The van der Waals surface area contributed by atoms with E-state index in [4.69, 9.17) is 16.3 Å². The lowest BCUT2D eigenvalue weighted by atomic mass is 10.2. The standard InChI is InChI=1S/C15H16ClN3O2/c16-11-1-2-12-13(3-4-17-14(12)9-11)18-10-15(20)19-5-7-21-8-6-19/h1-4,9H,5-8,10H2,(H,17,18). The molecule has 0 bridgehead atoms. The molecule has 5 nitrogen and oxygen atoms in total. The number of fused-ring (bicyclic) bond motifs is 1. The first-order chi connectivity index (χ1) is 10.2. The van der Waals surface area contributed by atoms with E-state index in [-0.39, 0.29) is 12.5 Å². The van der Waals surface area contributed by atoms with Gasteiger partial charge in [0, 0.05) is 35.4 Å². The van der Waals surface area contributed by atoms with Crippen LogP contribution in [0.1, 0.15) is 0 Å². The van der Waals surface area contributed by atoms with Crippen molar-refractivity contribution < 1.29 is 9.53 Å². The zero-order valence-electron chi connectivity index (χ0n) is 11.5. The zero-order chi connectivity index (χ0) is 14.7. The second-order valence-corrected chi connectivity index (χ2v) is 5.30. The average molecular weight is 306 g/mol. The number of amides is 1. The molecule has 0 aliphatic carbocycles. The number of anilines is 1. The Labute approximate surface area is 127 Å². The number of nitrogens with zero attached hydrogens (tertiary/aromatic N) is 2. The topological polar surface area (TPSA) is 54.5 Å². The summed E-state index contributed by atoms with van der Waals surface area (Å²) >= 11 is 5.97. The Kier molecular flexibility index (Phi) is 4.22. The van der Waals surface area contributed by atoms with E-state index in [1.165, 1.54) is 0 Å². The number of rotatable bonds is 3. The van der Waals surface area contributed by atoms with Gasteiger partial charge in [-0.3, -0.25) is 9.78 Å². The van der Waals surface area contributed by atoms with Crippen LogP contribution >= 0.6 is 11.6 Å². The molecule has 2 heterocycles. The van der Waals surface area contributed by atoms with E-state index in [0.29, 0.717) is 31.3 Å². The molecule has 1 saturated heterocycles. The SMILES string of the molecule is O=C(CNc1ccnc2cc(Cl)ccc12)N1CCOCC1. The summed E-state index contributed by atoms with van der Waals surface area (Å²) in [6.45, 7) is 2.81. The molecule has 1 amide bonds. The van der Waals surface area contributed by atoms with E-state index >= 15 is 0 Å².